The lowest BCUT2D eigenvalue weighted by Gasteiger charge is -2.40. The van der Waals surface area contributed by atoms with Gasteiger partial charge in [-0.05, 0) is 37.3 Å². The number of aromatic nitrogens is 2. The fourth-order valence-corrected chi connectivity index (χ4v) is 4.22. The molecule has 0 spiro atoms. The Morgan fingerprint density at radius 1 is 1.29 bits per heavy atom. The second-order valence-electron chi connectivity index (χ2n) is 8.74. The number of hydrogen-bond acceptors (Lipinski definition) is 3. The van der Waals surface area contributed by atoms with Crippen LogP contribution in [0.15, 0.2) is 29.3 Å². The Balaban J connectivity index is 1.53. The van der Waals surface area contributed by atoms with E-state index in [1.807, 2.05) is 13.1 Å². The number of aliphatic imine (C=N–C) groups is 1. The van der Waals surface area contributed by atoms with Crippen molar-refractivity contribution >= 4 is 17.0 Å². The molecule has 2 N–H and O–H groups in total. The molecule has 0 radical (unpaired) electrons. The monoisotopic (exact) mass is 385 g/mol. The SMILES string of the molecule is CN=C(NCCn1c(C)nc2ccccc21)NCC1CCCOC1C(C)(C)C. The molecule has 28 heavy (non-hydrogen) atoms. The van der Waals surface area contributed by atoms with Gasteiger partial charge in [-0.25, -0.2) is 4.98 Å². The van der Waals surface area contributed by atoms with E-state index in [2.05, 4.69) is 71.1 Å². The molecule has 2 atom stereocenters. The van der Waals surface area contributed by atoms with Crippen LogP contribution in [-0.4, -0.2) is 48.4 Å². The number of ether oxygens (including phenoxy) is 1. The number of nitrogens with zero attached hydrogens (tertiary/aromatic N) is 3. The minimum absolute atomic E-state index is 0.156. The van der Waals surface area contributed by atoms with Gasteiger partial charge in [-0.3, -0.25) is 4.99 Å². The van der Waals surface area contributed by atoms with Gasteiger partial charge in [-0.2, -0.15) is 0 Å². The van der Waals surface area contributed by atoms with E-state index < -0.39 is 0 Å². The van der Waals surface area contributed by atoms with Gasteiger partial charge in [-0.1, -0.05) is 32.9 Å². The second-order valence-corrected chi connectivity index (χ2v) is 8.74. The number of benzene rings is 1. The fraction of sp³-hybridized carbons (Fsp3) is 0.636. The van der Waals surface area contributed by atoms with Gasteiger partial charge in [0.25, 0.3) is 0 Å². The third-order valence-corrected chi connectivity index (χ3v) is 5.53. The van der Waals surface area contributed by atoms with Gasteiger partial charge in [0.05, 0.1) is 17.1 Å². The number of aryl methyl sites for hydroxylation is 1. The lowest BCUT2D eigenvalue weighted by atomic mass is 9.78. The van der Waals surface area contributed by atoms with E-state index in [1.54, 1.807) is 0 Å². The van der Waals surface area contributed by atoms with Crippen molar-refractivity contribution in [1.29, 1.82) is 0 Å². The zero-order valence-electron chi connectivity index (χ0n) is 18.0. The highest BCUT2D eigenvalue weighted by molar-refractivity contribution is 5.79. The molecule has 1 saturated heterocycles. The molecule has 1 aliphatic heterocycles. The summed E-state index contributed by atoms with van der Waals surface area (Å²) in [7, 11) is 1.83. The maximum absolute atomic E-state index is 6.09. The van der Waals surface area contributed by atoms with E-state index in [0.29, 0.717) is 5.92 Å². The highest BCUT2D eigenvalue weighted by atomic mass is 16.5. The standard InChI is InChI=1S/C22H35N5O/c1-16-26-18-10-6-7-11-19(18)27(16)13-12-24-21(23-5)25-15-17-9-8-14-28-20(17)22(2,3)4/h6-7,10-11,17,20H,8-9,12-15H2,1-5H3,(H2,23,24,25). The van der Waals surface area contributed by atoms with Crippen molar-refractivity contribution in [1.82, 2.24) is 20.2 Å². The Kier molecular flexibility index (Phi) is 6.60. The molecular weight excluding hydrogens is 350 g/mol. The van der Waals surface area contributed by atoms with Crippen molar-refractivity contribution in [3.63, 3.8) is 0 Å². The van der Waals surface area contributed by atoms with E-state index in [4.69, 9.17) is 4.74 Å². The first-order chi connectivity index (χ1) is 13.4. The summed E-state index contributed by atoms with van der Waals surface area (Å²) in [5.41, 5.74) is 2.38. The van der Waals surface area contributed by atoms with Crippen LogP contribution in [0.3, 0.4) is 0 Å². The Labute approximate surface area is 168 Å². The van der Waals surface area contributed by atoms with Gasteiger partial charge in [0, 0.05) is 39.2 Å². The first-order valence-corrected chi connectivity index (χ1v) is 10.4. The smallest absolute Gasteiger partial charge is 0.191 e. The van der Waals surface area contributed by atoms with Crippen LogP contribution < -0.4 is 10.6 Å². The number of hydrogen-bond donors (Lipinski definition) is 2. The minimum Gasteiger partial charge on any atom is -0.377 e. The summed E-state index contributed by atoms with van der Waals surface area (Å²) in [6.07, 6.45) is 2.62. The summed E-state index contributed by atoms with van der Waals surface area (Å²) in [6.45, 7) is 12.3. The molecule has 1 fully saturated rings. The lowest BCUT2D eigenvalue weighted by Crippen LogP contribution is -2.47. The van der Waals surface area contributed by atoms with Crippen molar-refractivity contribution in [3.8, 4) is 0 Å². The van der Waals surface area contributed by atoms with Crippen molar-refractivity contribution in [2.45, 2.75) is 53.2 Å². The minimum atomic E-state index is 0.156. The van der Waals surface area contributed by atoms with Crippen LogP contribution in [0.4, 0.5) is 0 Å². The van der Waals surface area contributed by atoms with Crippen LogP contribution in [0, 0.1) is 18.3 Å². The molecular formula is C22H35N5O. The third kappa shape index (κ3) is 4.85. The van der Waals surface area contributed by atoms with E-state index in [0.717, 1.165) is 50.0 Å². The van der Waals surface area contributed by atoms with Gasteiger partial charge in [0.2, 0.25) is 0 Å². The molecule has 6 heteroatoms. The molecule has 0 bridgehead atoms. The summed E-state index contributed by atoms with van der Waals surface area (Å²) in [5, 5.41) is 6.95. The van der Waals surface area contributed by atoms with Crippen molar-refractivity contribution in [2.75, 3.05) is 26.7 Å². The molecule has 0 amide bonds. The summed E-state index contributed by atoms with van der Waals surface area (Å²) in [4.78, 5) is 9.03. The molecule has 1 aliphatic rings. The average molecular weight is 386 g/mol. The Morgan fingerprint density at radius 2 is 2.07 bits per heavy atom. The number of imidazole rings is 1. The summed E-state index contributed by atoms with van der Waals surface area (Å²) < 4.78 is 8.34. The predicted octanol–water partition coefficient (Wildman–Crippen LogP) is 3.35. The molecule has 0 saturated carbocycles. The van der Waals surface area contributed by atoms with Crippen LogP contribution >= 0.6 is 0 Å². The van der Waals surface area contributed by atoms with Crippen molar-refractivity contribution < 1.29 is 4.74 Å². The van der Waals surface area contributed by atoms with Gasteiger partial charge < -0.3 is 19.9 Å². The van der Waals surface area contributed by atoms with Crippen molar-refractivity contribution in [2.24, 2.45) is 16.3 Å². The van der Waals surface area contributed by atoms with Gasteiger partial charge in [0.1, 0.15) is 5.82 Å². The van der Waals surface area contributed by atoms with Crippen LogP contribution in [-0.2, 0) is 11.3 Å². The van der Waals surface area contributed by atoms with E-state index in [-0.39, 0.29) is 11.5 Å². The maximum Gasteiger partial charge on any atom is 0.191 e. The molecule has 154 valence electrons. The first kappa shape index (κ1) is 20.6. The quantitative estimate of drug-likeness (QED) is 0.612. The van der Waals surface area contributed by atoms with Crippen LogP contribution in [0.2, 0.25) is 0 Å². The number of nitrogens with one attached hydrogen (secondary N) is 2. The highest BCUT2D eigenvalue weighted by Crippen LogP contribution is 2.33. The van der Waals surface area contributed by atoms with Gasteiger partial charge >= 0.3 is 0 Å². The molecule has 1 aromatic carbocycles. The van der Waals surface area contributed by atoms with Crippen molar-refractivity contribution in [3.05, 3.63) is 30.1 Å². The topological polar surface area (TPSA) is 63.5 Å². The Bertz CT molecular complexity index is 805. The summed E-state index contributed by atoms with van der Waals surface area (Å²) in [5.74, 6) is 2.39. The van der Waals surface area contributed by atoms with E-state index >= 15 is 0 Å². The molecule has 2 unspecified atom stereocenters. The Morgan fingerprint density at radius 3 is 2.82 bits per heavy atom. The first-order valence-electron chi connectivity index (χ1n) is 10.4. The summed E-state index contributed by atoms with van der Waals surface area (Å²) in [6, 6.07) is 8.28. The molecule has 1 aromatic heterocycles. The lowest BCUT2D eigenvalue weighted by molar-refractivity contribution is -0.0835. The van der Waals surface area contributed by atoms with E-state index in [1.165, 1.54) is 11.9 Å². The average Bonchev–Trinajstić information content (AvgIpc) is 2.99. The maximum atomic E-state index is 6.09. The molecule has 0 aliphatic carbocycles. The van der Waals surface area contributed by atoms with Crippen LogP contribution in [0.25, 0.3) is 11.0 Å². The molecule has 3 rings (SSSR count). The third-order valence-electron chi connectivity index (χ3n) is 5.53. The van der Waals surface area contributed by atoms with Crippen LogP contribution in [0.1, 0.15) is 39.4 Å². The zero-order valence-corrected chi connectivity index (χ0v) is 18.0. The number of rotatable bonds is 5. The molecule has 2 heterocycles. The largest absolute Gasteiger partial charge is 0.377 e. The fourth-order valence-electron chi connectivity index (χ4n) is 4.22. The predicted molar refractivity (Wildman–Crippen MR) is 116 cm³/mol. The van der Waals surface area contributed by atoms with Gasteiger partial charge in [-0.15, -0.1) is 0 Å². The normalized spacial score (nSPS) is 21.1. The molecule has 2 aromatic rings. The number of guanidine groups is 1. The highest BCUT2D eigenvalue weighted by Gasteiger charge is 2.35. The van der Waals surface area contributed by atoms with Gasteiger partial charge in [0.15, 0.2) is 5.96 Å². The molecule has 6 nitrogen and oxygen atoms in total. The Hall–Kier alpha value is -2.08. The number of fused-ring (bicyclic) bond motifs is 1. The van der Waals surface area contributed by atoms with Crippen LogP contribution in [0.5, 0.6) is 0 Å². The zero-order chi connectivity index (χ0) is 20.1. The second kappa shape index (κ2) is 8.95. The van der Waals surface area contributed by atoms with E-state index in [9.17, 15) is 0 Å². The summed E-state index contributed by atoms with van der Waals surface area (Å²) >= 11 is 0. The number of para-hydroxylation sites is 2.